The monoisotopic (exact) mass is 202 g/mol. The number of nitrogens with zero attached hydrogens (tertiary/aromatic N) is 1. The first-order valence-corrected chi connectivity index (χ1v) is 6.26. The predicted octanol–water partition coefficient (Wildman–Crippen LogP) is 2.68. The average Bonchev–Trinajstić information content (AvgIpc) is 2.05. The van der Waals surface area contributed by atoms with Gasteiger partial charge in [-0.25, -0.2) is 0 Å². The second-order valence-corrected chi connectivity index (χ2v) is 4.60. The molecule has 1 unspecified atom stereocenters. The standard InChI is InChI=1S/C10H22N2S/c1-4-6-10(11)12-9(3)7-8-13-5-2/h9H,4-8H2,1-3H3,(H2,11,12). The molecule has 13 heavy (non-hydrogen) atoms. The highest BCUT2D eigenvalue weighted by molar-refractivity contribution is 7.99. The topological polar surface area (TPSA) is 38.4 Å². The van der Waals surface area contributed by atoms with E-state index in [4.69, 9.17) is 5.73 Å². The highest BCUT2D eigenvalue weighted by Gasteiger charge is 1.99. The zero-order valence-electron chi connectivity index (χ0n) is 9.05. The first-order valence-electron chi connectivity index (χ1n) is 5.10. The van der Waals surface area contributed by atoms with Gasteiger partial charge in [-0.1, -0.05) is 13.8 Å². The molecule has 2 N–H and O–H groups in total. The highest BCUT2D eigenvalue weighted by atomic mass is 32.2. The van der Waals surface area contributed by atoms with E-state index in [1.54, 1.807) is 0 Å². The molecule has 0 aromatic carbocycles. The molecule has 0 bridgehead atoms. The van der Waals surface area contributed by atoms with E-state index in [0.717, 1.165) is 25.1 Å². The Kier molecular flexibility index (Phi) is 8.30. The Morgan fingerprint density at radius 3 is 2.69 bits per heavy atom. The van der Waals surface area contributed by atoms with Crippen LogP contribution in [0.25, 0.3) is 0 Å². The van der Waals surface area contributed by atoms with E-state index >= 15 is 0 Å². The van der Waals surface area contributed by atoms with Crippen molar-refractivity contribution in [2.45, 2.75) is 46.1 Å². The molecule has 0 aliphatic carbocycles. The molecule has 0 saturated carbocycles. The fourth-order valence-electron chi connectivity index (χ4n) is 1.07. The number of rotatable bonds is 7. The van der Waals surface area contributed by atoms with Crippen LogP contribution < -0.4 is 5.73 Å². The lowest BCUT2D eigenvalue weighted by molar-refractivity contribution is 0.717. The van der Waals surface area contributed by atoms with Gasteiger partial charge in [-0.05, 0) is 31.3 Å². The van der Waals surface area contributed by atoms with Crippen LogP contribution in [0.3, 0.4) is 0 Å². The lowest BCUT2D eigenvalue weighted by atomic mass is 10.2. The maximum absolute atomic E-state index is 5.73. The molecule has 0 amide bonds. The molecule has 0 heterocycles. The maximum atomic E-state index is 5.73. The van der Waals surface area contributed by atoms with Crippen molar-refractivity contribution in [3.63, 3.8) is 0 Å². The Morgan fingerprint density at radius 1 is 1.46 bits per heavy atom. The van der Waals surface area contributed by atoms with E-state index < -0.39 is 0 Å². The molecular weight excluding hydrogens is 180 g/mol. The van der Waals surface area contributed by atoms with Gasteiger partial charge in [0.15, 0.2) is 0 Å². The summed E-state index contributed by atoms with van der Waals surface area (Å²) in [5.41, 5.74) is 5.73. The Bertz CT molecular complexity index is 146. The Morgan fingerprint density at radius 2 is 2.15 bits per heavy atom. The second-order valence-electron chi connectivity index (χ2n) is 3.21. The van der Waals surface area contributed by atoms with Gasteiger partial charge in [0.1, 0.15) is 0 Å². The van der Waals surface area contributed by atoms with E-state index in [1.165, 1.54) is 11.5 Å². The van der Waals surface area contributed by atoms with Crippen LogP contribution in [-0.4, -0.2) is 23.4 Å². The minimum Gasteiger partial charge on any atom is -0.387 e. The normalized spacial score (nSPS) is 14.5. The SMILES string of the molecule is CCCC(N)=NC(C)CCSCC. The van der Waals surface area contributed by atoms with E-state index in [-0.39, 0.29) is 0 Å². The molecule has 78 valence electrons. The molecule has 2 nitrogen and oxygen atoms in total. The van der Waals surface area contributed by atoms with Gasteiger partial charge in [0, 0.05) is 12.5 Å². The molecule has 0 aliphatic rings. The highest BCUT2D eigenvalue weighted by Crippen LogP contribution is 2.06. The van der Waals surface area contributed by atoms with Crippen molar-refractivity contribution in [2.75, 3.05) is 11.5 Å². The van der Waals surface area contributed by atoms with Crippen LogP contribution in [0.4, 0.5) is 0 Å². The molecule has 0 spiro atoms. The van der Waals surface area contributed by atoms with Crippen molar-refractivity contribution >= 4 is 17.6 Å². The lowest BCUT2D eigenvalue weighted by Crippen LogP contribution is -2.15. The third kappa shape index (κ3) is 8.16. The fraction of sp³-hybridized carbons (Fsp3) is 0.900. The van der Waals surface area contributed by atoms with E-state index in [9.17, 15) is 0 Å². The van der Waals surface area contributed by atoms with Crippen molar-refractivity contribution in [3.05, 3.63) is 0 Å². The lowest BCUT2D eigenvalue weighted by Gasteiger charge is -2.06. The summed E-state index contributed by atoms with van der Waals surface area (Å²) in [6, 6.07) is 0.394. The van der Waals surface area contributed by atoms with Gasteiger partial charge in [0.2, 0.25) is 0 Å². The Hall–Kier alpha value is -0.180. The number of thioether (sulfide) groups is 1. The van der Waals surface area contributed by atoms with Crippen LogP contribution in [-0.2, 0) is 0 Å². The van der Waals surface area contributed by atoms with Crippen molar-refractivity contribution < 1.29 is 0 Å². The minimum atomic E-state index is 0.394. The van der Waals surface area contributed by atoms with E-state index in [0.29, 0.717) is 6.04 Å². The third-order valence-corrected chi connectivity index (χ3v) is 2.71. The van der Waals surface area contributed by atoms with Gasteiger partial charge in [-0.15, -0.1) is 0 Å². The Balaban J connectivity index is 3.58. The van der Waals surface area contributed by atoms with Gasteiger partial charge in [0.25, 0.3) is 0 Å². The van der Waals surface area contributed by atoms with Crippen molar-refractivity contribution in [2.24, 2.45) is 10.7 Å². The zero-order chi connectivity index (χ0) is 10.1. The number of hydrogen-bond acceptors (Lipinski definition) is 2. The summed E-state index contributed by atoms with van der Waals surface area (Å²) in [7, 11) is 0. The van der Waals surface area contributed by atoms with Gasteiger partial charge in [-0.2, -0.15) is 11.8 Å². The number of aliphatic imine (C=N–C) groups is 1. The number of hydrogen-bond donors (Lipinski definition) is 1. The van der Waals surface area contributed by atoms with Crippen LogP contribution in [0, 0.1) is 0 Å². The van der Waals surface area contributed by atoms with E-state index in [2.05, 4.69) is 25.8 Å². The molecule has 0 fully saturated rings. The summed E-state index contributed by atoms with van der Waals surface area (Å²) in [5, 5.41) is 0. The summed E-state index contributed by atoms with van der Waals surface area (Å²) in [6.07, 6.45) is 3.17. The van der Waals surface area contributed by atoms with Crippen molar-refractivity contribution in [3.8, 4) is 0 Å². The summed E-state index contributed by atoms with van der Waals surface area (Å²) in [6.45, 7) is 6.45. The summed E-state index contributed by atoms with van der Waals surface area (Å²) < 4.78 is 0. The molecule has 3 heteroatoms. The molecule has 0 aliphatic heterocycles. The van der Waals surface area contributed by atoms with Gasteiger partial charge in [0.05, 0.1) is 5.84 Å². The second kappa shape index (κ2) is 8.42. The zero-order valence-corrected chi connectivity index (χ0v) is 9.86. The molecular formula is C10H22N2S. The summed E-state index contributed by atoms with van der Waals surface area (Å²) >= 11 is 1.97. The number of nitrogens with two attached hydrogens (primary N) is 1. The van der Waals surface area contributed by atoms with Crippen LogP contribution in [0.1, 0.15) is 40.0 Å². The average molecular weight is 202 g/mol. The summed E-state index contributed by atoms with van der Waals surface area (Å²) in [4.78, 5) is 4.42. The van der Waals surface area contributed by atoms with Gasteiger partial charge >= 0.3 is 0 Å². The predicted molar refractivity (Wildman–Crippen MR) is 63.6 cm³/mol. The number of amidine groups is 1. The molecule has 0 aromatic heterocycles. The minimum absolute atomic E-state index is 0.394. The first-order chi connectivity index (χ1) is 6.20. The first kappa shape index (κ1) is 12.8. The van der Waals surface area contributed by atoms with Crippen LogP contribution in [0.15, 0.2) is 4.99 Å². The fourth-order valence-corrected chi connectivity index (χ4v) is 1.86. The molecule has 0 saturated heterocycles. The largest absolute Gasteiger partial charge is 0.387 e. The quantitative estimate of drug-likeness (QED) is 0.391. The molecule has 0 rings (SSSR count). The molecule has 0 aromatic rings. The smallest absolute Gasteiger partial charge is 0.0940 e. The van der Waals surface area contributed by atoms with Crippen LogP contribution in [0.5, 0.6) is 0 Å². The Labute approximate surface area is 86.4 Å². The van der Waals surface area contributed by atoms with Crippen LogP contribution >= 0.6 is 11.8 Å². The third-order valence-electron chi connectivity index (χ3n) is 1.78. The van der Waals surface area contributed by atoms with Gasteiger partial charge < -0.3 is 5.73 Å². The van der Waals surface area contributed by atoms with Crippen LogP contribution in [0.2, 0.25) is 0 Å². The van der Waals surface area contributed by atoms with Crippen molar-refractivity contribution in [1.82, 2.24) is 0 Å². The maximum Gasteiger partial charge on any atom is 0.0940 e. The molecule has 0 radical (unpaired) electrons. The van der Waals surface area contributed by atoms with Gasteiger partial charge in [-0.3, -0.25) is 4.99 Å². The van der Waals surface area contributed by atoms with Crippen molar-refractivity contribution in [1.29, 1.82) is 0 Å². The molecule has 1 atom stereocenters. The van der Waals surface area contributed by atoms with E-state index in [1.807, 2.05) is 11.8 Å². The summed E-state index contributed by atoms with van der Waals surface area (Å²) in [5.74, 6) is 3.21.